The maximum absolute atomic E-state index is 12.1. The fourth-order valence-corrected chi connectivity index (χ4v) is 3.79. The van der Waals surface area contributed by atoms with Crippen molar-refractivity contribution in [2.24, 2.45) is 5.92 Å². The van der Waals surface area contributed by atoms with Gasteiger partial charge in [0.25, 0.3) is 0 Å². The van der Waals surface area contributed by atoms with Crippen molar-refractivity contribution in [1.82, 2.24) is 5.32 Å². The second kappa shape index (κ2) is 10.4. The lowest BCUT2D eigenvalue weighted by Gasteiger charge is -2.15. The van der Waals surface area contributed by atoms with E-state index in [0.717, 1.165) is 18.7 Å². The van der Waals surface area contributed by atoms with Gasteiger partial charge in [0.1, 0.15) is 0 Å². The van der Waals surface area contributed by atoms with E-state index < -0.39 is 0 Å². The number of nitrogens with one attached hydrogen (secondary N) is 1. The quantitative estimate of drug-likeness (QED) is 0.625. The minimum atomic E-state index is 0.162. The minimum Gasteiger partial charge on any atom is -0.355 e. The van der Waals surface area contributed by atoms with Crippen LogP contribution in [0, 0.1) is 5.92 Å². The van der Waals surface area contributed by atoms with Crippen LogP contribution >= 0.6 is 11.8 Å². The highest BCUT2D eigenvalue weighted by atomic mass is 32.2. The van der Waals surface area contributed by atoms with Gasteiger partial charge in [0.15, 0.2) is 0 Å². The fraction of sp³-hybridized carbons (Fsp3) is 0.476. The number of fused-ring (bicyclic) bond motifs is 1. The molecule has 1 amide bonds. The number of carbonyl (C=O) groups excluding carboxylic acids is 1. The highest BCUT2D eigenvalue weighted by Gasteiger charge is 2.09. The molecule has 2 aromatic carbocycles. The lowest BCUT2D eigenvalue weighted by molar-refractivity contribution is -0.118. The Balaban J connectivity index is 1.76. The van der Waals surface area contributed by atoms with Crippen molar-refractivity contribution < 1.29 is 4.79 Å². The van der Waals surface area contributed by atoms with Crippen LogP contribution in [0.5, 0.6) is 0 Å². The van der Waals surface area contributed by atoms with Crippen LogP contribution in [0.25, 0.3) is 10.8 Å². The van der Waals surface area contributed by atoms with Gasteiger partial charge < -0.3 is 5.32 Å². The predicted octanol–water partition coefficient (Wildman–Crippen LogP) is 5.41. The first-order chi connectivity index (χ1) is 11.7. The molecule has 2 rings (SSSR count). The number of hydrogen-bond acceptors (Lipinski definition) is 2. The summed E-state index contributed by atoms with van der Waals surface area (Å²) in [4.78, 5) is 12.1. The highest BCUT2D eigenvalue weighted by molar-refractivity contribution is 7.99. The number of benzene rings is 2. The van der Waals surface area contributed by atoms with Crippen molar-refractivity contribution in [2.45, 2.75) is 45.3 Å². The van der Waals surface area contributed by atoms with Crippen molar-refractivity contribution in [3.05, 3.63) is 48.0 Å². The van der Waals surface area contributed by atoms with Gasteiger partial charge in [-0.3, -0.25) is 4.79 Å². The highest BCUT2D eigenvalue weighted by Crippen LogP contribution is 2.22. The van der Waals surface area contributed by atoms with Gasteiger partial charge >= 0.3 is 0 Å². The fourth-order valence-electron chi connectivity index (χ4n) is 2.92. The second-order valence-electron chi connectivity index (χ2n) is 6.35. The van der Waals surface area contributed by atoms with Crippen LogP contribution in [-0.4, -0.2) is 18.2 Å². The molecule has 1 N–H and O–H groups in total. The zero-order chi connectivity index (χ0) is 17.2. The summed E-state index contributed by atoms with van der Waals surface area (Å²) in [6, 6.07) is 14.8. The molecule has 0 saturated heterocycles. The summed E-state index contributed by atoms with van der Waals surface area (Å²) < 4.78 is 0. The van der Waals surface area contributed by atoms with E-state index in [9.17, 15) is 4.79 Å². The molecule has 1 atom stereocenters. The average Bonchev–Trinajstić information content (AvgIpc) is 2.62. The van der Waals surface area contributed by atoms with Crippen molar-refractivity contribution >= 4 is 28.4 Å². The van der Waals surface area contributed by atoms with E-state index in [4.69, 9.17) is 0 Å². The Morgan fingerprint density at radius 3 is 2.71 bits per heavy atom. The van der Waals surface area contributed by atoms with Crippen molar-refractivity contribution in [1.29, 1.82) is 0 Å². The second-order valence-corrected chi connectivity index (χ2v) is 7.34. The van der Waals surface area contributed by atoms with E-state index in [1.165, 1.54) is 35.6 Å². The van der Waals surface area contributed by atoms with Gasteiger partial charge in [-0.25, -0.2) is 0 Å². The topological polar surface area (TPSA) is 29.1 Å². The molecule has 0 spiro atoms. The average molecular weight is 344 g/mol. The summed E-state index contributed by atoms with van der Waals surface area (Å²) in [7, 11) is 0. The molecule has 0 heterocycles. The molecule has 0 saturated carbocycles. The van der Waals surface area contributed by atoms with Gasteiger partial charge in [0.05, 0.1) is 5.75 Å². The number of thioether (sulfide) groups is 1. The van der Waals surface area contributed by atoms with E-state index in [-0.39, 0.29) is 5.91 Å². The van der Waals surface area contributed by atoms with Gasteiger partial charge in [0.2, 0.25) is 5.91 Å². The SMILES string of the molecule is CCCCC(CC)CNC(=O)CSCc1cccc2ccccc12. The van der Waals surface area contributed by atoms with E-state index in [1.807, 2.05) is 0 Å². The largest absolute Gasteiger partial charge is 0.355 e. The molecule has 130 valence electrons. The summed E-state index contributed by atoms with van der Waals surface area (Å²) in [5.74, 6) is 2.20. The zero-order valence-electron chi connectivity index (χ0n) is 14.9. The minimum absolute atomic E-state index is 0.162. The summed E-state index contributed by atoms with van der Waals surface area (Å²) in [5, 5.41) is 5.66. The van der Waals surface area contributed by atoms with Gasteiger partial charge in [-0.2, -0.15) is 0 Å². The molecule has 0 radical (unpaired) electrons. The molecule has 2 nitrogen and oxygen atoms in total. The predicted molar refractivity (Wildman–Crippen MR) is 106 cm³/mol. The third-order valence-electron chi connectivity index (χ3n) is 4.50. The monoisotopic (exact) mass is 343 g/mol. The summed E-state index contributed by atoms with van der Waals surface area (Å²) in [6.07, 6.45) is 4.84. The number of amides is 1. The molecular formula is C21H29NOS. The maximum Gasteiger partial charge on any atom is 0.230 e. The first kappa shape index (κ1) is 18.9. The smallest absolute Gasteiger partial charge is 0.230 e. The first-order valence-electron chi connectivity index (χ1n) is 9.05. The van der Waals surface area contributed by atoms with E-state index in [1.54, 1.807) is 11.8 Å². The molecule has 0 aliphatic carbocycles. The van der Waals surface area contributed by atoms with Crippen molar-refractivity contribution in [2.75, 3.05) is 12.3 Å². The summed E-state index contributed by atoms with van der Waals surface area (Å²) in [6.45, 7) is 5.25. The molecule has 0 fully saturated rings. The molecule has 0 aliphatic rings. The van der Waals surface area contributed by atoms with Crippen LogP contribution in [0.4, 0.5) is 0 Å². The van der Waals surface area contributed by atoms with Crippen LogP contribution in [0.15, 0.2) is 42.5 Å². The van der Waals surface area contributed by atoms with Gasteiger partial charge in [0, 0.05) is 12.3 Å². The molecule has 24 heavy (non-hydrogen) atoms. The first-order valence-corrected chi connectivity index (χ1v) is 10.2. The standard InChI is InChI=1S/C21H29NOS/c1-3-5-9-17(4-2)14-22-21(23)16-24-15-19-12-8-11-18-10-6-7-13-20(18)19/h6-8,10-13,17H,3-5,9,14-16H2,1-2H3,(H,22,23). The van der Waals surface area contributed by atoms with E-state index in [2.05, 4.69) is 61.6 Å². The lowest BCUT2D eigenvalue weighted by Crippen LogP contribution is -2.30. The molecule has 0 aliphatic heterocycles. The van der Waals surface area contributed by atoms with Gasteiger partial charge in [-0.05, 0) is 28.7 Å². The molecule has 0 aromatic heterocycles. The number of hydrogen-bond donors (Lipinski definition) is 1. The molecule has 1 unspecified atom stereocenters. The molecular weight excluding hydrogens is 314 g/mol. The summed E-state index contributed by atoms with van der Waals surface area (Å²) >= 11 is 1.69. The van der Waals surface area contributed by atoms with Crippen LogP contribution in [0.3, 0.4) is 0 Å². The number of unbranched alkanes of at least 4 members (excludes halogenated alkanes) is 1. The third-order valence-corrected chi connectivity index (χ3v) is 5.48. The molecule has 0 bridgehead atoms. The van der Waals surface area contributed by atoms with Gasteiger partial charge in [-0.15, -0.1) is 11.8 Å². The summed E-state index contributed by atoms with van der Waals surface area (Å²) in [5.41, 5.74) is 1.31. The van der Waals surface area contributed by atoms with Crippen molar-refractivity contribution in [3.63, 3.8) is 0 Å². The molecule has 3 heteroatoms. The molecule has 2 aromatic rings. The number of rotatable bonds is 10. The van der Waals surface area contributed by atoms with Crippen LogP contribution < -0.4 is 5.32 Å². The van der Waals surface area contributed by atoms with E-state index >= 15 is 0 Å². The Hall–Kier alpha value is -1.48. The van der Waals surface area contributed by atoms with Crippen molar-refractivity contribution in [3.8, 4) is 0 Å². The Bertz CT molecular complexity index is 635. The van der Waals surface area contributed by atoms with Crippen LogP contribution in [0.1, 0.15) is 45.1 Å². The van der Waals surface area contributed by atoms with E-state index in [0.29, 0.717) is 11.7 Å². The Labute approximate surface area is 150 Å². The third kappa shape index (κ3) is 5.86. The number of carbonyl (C=O) groups is 1. The van der Waals surface area contributed by atoms with Gasteiger partial charge in [-0.1, -0.05) is 75.6 Å². The Morgan fingerprint density at radius 1 is 1.12 bits per heavy atom. The Morgan fingerprint density at radius 2 is 1.92 bits per heavy atom. The van der Waals surface area contributed by atoms with Crippen LogP contribution in [-0.2, 0) is 10.5 Å². The normalized spacial score (nSPS) is 12.2. The lowest BCUT2D eigenvalue weighted by atomic mass is 9.99. The Kier molecular flexibility index (Phi) is 8.17. The zero-order valence-corrected chi connectivity index (χ0v) is 15.7. The maximum atomic E-state index is 12.1. The van der Waals surface area contributed by atoms with Crippen LogP contribution in [0.2, 0.25) is 0 Å².